The number of allylic oxidation sites excluding steroid dienone is 2. The third-order valence-corrected chi connectivity index (χ3v) is 5.98. The summed E-state index contributed by atoms with van der Waals surface area (Å²) in [6.07, 6.45) is 2.04. The molecule has 0 bridgehead atoms. The Hall–Kier alpha value is -3.64. The van der Waals surface area contributed by atoms with Crippen LogP contribution in [-0.4, -0.2) is 0 Å². The fourth-order valence-electron chi connectivity index (χ4n) is 4.36. The molecule has 0 radical (unpaired) electrons. The van der Waals surface area contributed by atoms with E-state index in [9.17, 15) is 0 Å². The van der Waals surface area contributed by atoms with E-state index in [4.69, 9.17) is 0 Å². The van der Waals surface area contributed by atoms with Crippen LogP contribution < -0.4 is 0 Å². The van der Waals surface area contributed by atoms with Crippen LogP contribution in [0.25, 0.3) is 11.1 Å². The Morgan fingerprint density at radius 3 is 0.812 bits per heavy atom. The van der Waals surface area contributed by atoms with Crippen molar-refractivity contribution in [3.05, 3.63) is 155 Å². The number of rotatable bonds is 7. The molecule has 0 atom stereocenters. The van der Waals surface area contributed by atoms with Gasteiger partial charge in [0.05, 0.1) is 0 Å². The van der Waals surface area contributed by atoms with E-state index in [1.165, 1.54) is 44.5 Å². The molecular formula is C32H30. The van der Waals surface area contributed by atoms with Crippen LogP contribution in [0.15, 0.2) is 132 Å². The molecule has 4 aromatic carbocycles. The second-order valence-corrected chi connectivity index (χ2v) is 8.27. The topological polar surface area (TPSA) is 0 Å². The van der Waals surface area contributed by atoms with Gasteiger partial charge in [-0.25, -0.2) is 0 Å². The maximum Gasteiger partial charge on any atom is -0.0122 e. The van der Waals surface area contributed by atoms with Gasteiger partial charge in [-0.15, -0.1) is 0 Å². The Bertz CT molecular complexity index is 1000. The lowest BCUT2D eigenvalue weighted by atomic mass is 9.88. The zero-order chi connectivity index (χ0) is 22.2. The number of hydrogen-bond acceptors (Lipinski definition) is 0. The predicted molar refractivity (Wildman–Crippen MR) is 138 cm³/mol. The normalized spacial score (nSPS) is 10.4. The molecule has 0 N–H and O–H groups in total. The van der Waals surface area contributed by atoms with Crippen LogP contribution in [0.3, 0.4) is 0 Å². The molecule has 0 fully saturated rings. The van der Waals surface area contributed by atoms with Gasteiger partial charge in [0.25, 0.3) is 0 Å². The molecule has 0 amide bonds. The van der Waals surface area contributed by atoms with Crippen molar-refractivity contribution >= 4 is 11.1 Å². The van der Waals surface area contributed by atoms with Crippen LogP contribution in [0.5, 0.6) is 0 Å². The zero-order valence-electron chi connectivity index (χ0n) is 19.0. The Labute approximate surface area is 192 Å². The van der Waals surface area contributed by atoms with Crippen molar-refractivity contribution in [3.63, 3.8) is 0 Å². The van der Waals surface area contributed by atoms with E-state index in [-0.39, 0.29) is 0 Å². The Morgan fingerprint density at radius 1 is 0.375 bits per heavy atom. The highest BCUT2D eigenvalue weighted by Gasteiger charge is 2.12. The molecule has 0 heterocycles. The quantitative estimate of drug-likeness (QED) is 0.283. The highest BCUT2D eigenvalue weighted by molar-refractivity contribution is 5.83. The fourth-order valence-corrected chi connectivity index (χ4v) is 4.36. The molecule has 4 aromatic rings. The Morgan fingerprint density at radius 2 is 0.594 bits per heavy atom. The van der Waals surface area contributed by atoms with Gasteiger partial charge < -0.3 is 0 Å². The Kier molecular flexibility index (Phi) is 7.15. The summed E-state index contributed by atoms with van der Waals surface area (Å²) in [6, 6.07) is 43.1. The highest BCUT2D eigenvalue weighted by Crippen LogP contribution is 2.33. The molecule has 0 heteroatoms. The summed E-state index contributed by atoms with van der Waals surface area (Å²) in [4.78, 5) is 0. The van der Waals surface area contributed by atoms with Gasteiger partial charge in [-0.3, -0.25) is 0 Å². The number of hydrogen-bond donors (Lipinski definition) is 0. The lowest BCUT2D eigenvalue weighted by molar-refractivity contribution is 0.928. The molecule has 158 valence electrons. The standard InChI is InChI=1S/C32H30/c1-25(31(27-15-7-3-8-16-27)28-17-9-4-10-18-28)23-24-26(2)32(29-19-11-5-12-20-29)30-21-13-6-14-22-30/h3-22H,23-24H2,1-2H3. The lowest BCUT2D eigenvalue weighted by Gasteiger charge is -2.16. The van der Waals surface area contributed by atoms with Crippen molar-refractivity contribution in [2.24, 2.45) is 0 Å². The van der Waals surface area contributed by atoms with Gasteiger partial charge in [0.2, 0.25) is 0 Å². The first-order chi connectivity index (χ1) is 15.7. The third-order valence-electron chi connectivity index (χ3n) is 5.98. The van der Waals surface area contributed by atoms with E-state index in [2.05, 4.69) is 135 Å². The first kappa shape index (κ1) is 21.6. The first-order valence-electron chi connectivity index (χ1n) is 11.3. The van der Waals surface area contributed by atoms with E-state index >= 15 is 0 Å². The molecule has 0 aliphatic heterocycles. The van der Waals surface area contributed by atoms with Gasteiger partial charge >= 0.3 is 0 Å². The molecule has 0 aliphatic rings. The summed E-state index contributed by atoms with van der Waals surface area (Å²) in [5.41, 5.74) is 10.7. The molecule has 0 nitrogen and oxygen atoms in total. The maximum absolute atomic E-state index is 2.29. The van der Waals surface area contributed by atoms with Crippen molar-refractivity contribution in [3.8, 4) is 0 Å². The molecule has 0 saturated heterocycles. The molecule has 0 aromatic heterocycles. The van der Waals surface area contributed by atoms with Crippen molar-refractivity contribution < 1.29 is 0 Å². The minimum Gasteiger partial charge on any atom is -0.0646 e. The van der Waals surface area contributed by atoms with E-state index < -0.39 is 0 Å². The van der Waals surface area contributed by atoms with E-state index in [0.29, 0.717) is 0 Å². The van der Waals surface area contributed by atoms with Crippen molar-refractivity contribution in [1.29, 1.82) is 0 Å². The highest BCUT2D eigenvalue weighted by atomic mass is 14.2. The zero-order valence-corrected chi connectivity index (χ0v) is 19.0. The monoisotopic (exact) mass is 414 g/mol. The molecular weight excluding hydrogens is 384 g/mol. The average molecular weight is 415 g/mol. The van der Waals surface area contributed by atoms with Gasteiger partial charge in [0, 0.05) is 0 Å². The van der Waals surface area contributed by atoms with Crippen LogP contribution >= 0.6 is 0 Å². The third kappa shape index (κ3) is 5.15. The summed E-state index contributed by atoms with van der Waals surface area (Å²) >= 11 is 0. The Balaban J connectivity index is 1.71. The molecule has 0 unspecified atom stereocenters. The molecule has 32 heavy (non-hydrogen) atoms. The fraction of sp³-hybridized carbons (Fsp3) is 0.125. The summed E-state index contributed by atoms with van der Waals surface area (Å²) in [5, 5.41) is 0. The summed E-state index contributed by atoms with van der Waals surface area (Å²) in [5.74, 6) is 0. The average Bonchev–Trinajstić information content (AvgIpc) is 2.86. The second-order valence-electron chi connectivity index (χ2n) is 8.27. The molecule has 4 rings (SSSR count). The van der Waals surface area contributed by atoms with Crippen LogP contribution in [0.4, 0.5) is 0 Å². The van der Waals surface area contributed by atoms with Gasteiger partial charge in [-0.05, 0) is 60.1 Å². The van der Waals surface area contributed by atoms with Crippen molar-refractivity contribution in [1.82, 2.24) is 0 Å². The second kappa shape index (κ2) is 10.6. The SMILES string of the molecule is CC(CCC(C)=C(c1ccccc1)c1ccccc1)=C(c1ccccc1)c1ccccc1. The van der Waals surface area contributed by atoms with Gasteiger partial charge in [0.15, 0.2) is 0 Å². The van der Waals surface area contributed by atoms with Crippen LogP contribution in [0, 0.1) is 0 Å². The van der Waals surface area contributed by atoms with Crippen LogP contribution in [-0.2, 0) is 0 Å². The van der Waals surface area contributed by atoms with Gasteiger partial charge in [0.1, 0.15) is 0 Å². The van der Waals surface area contributed by atoms with Crippen molar-refractivity contribution in [2.45, 2.75) is 26.7 Å². The predicted octanol–water partition coefficient (Wildman–Crippen LogP) is 8.81. The lowest BCUT2D eigenvalue weighted by Crippen LogP contribution is -1.96. The minimum atomic E-state index is 1.02. The maximum atomic E-state index is 2.29. The van der Waals surface area contributed by atoms with E-state index in [0.717, 1.165) is 12.8 Å². The smallest absolute Gasteiger partial charge is 0.0122 e. The van der Waals surface area contributed by atoms with E-state index in [1.54, 1.807) is 0 Å². The molecule has 0 saturated carbocycles. The summed E-state index contributed by atoms with van der Waals surface area (Å²) < 4.78 is 0. The number of benzene rings is 4. The van der Waals surface area contributed by atoms with Crippen LogP contribution in [0.2, 0.25) is 0 Å². The molecule has 0 aliphatic carbocycles. The van der Waals surface area contributed by atoms with Crippen molar-refractivity contribution in [2.75, 3.05) is 0 Å². The largest absolute Gasteiger partial charge is 0.0646 e. The summed E-state index contributed by atoms with van der Waals surface area (Å²) in [6.45, 7) is 4.57. The first-order valence-corrected chi connectivity index (χ1v) is 11.3. The summed E-state index contributed by atoms with van der Waals surface area (Å²) in [7, 11) is 0. The van der Waals surface area contributed by atoms with Gasteiger partial charge in [-0.2, -0.15) is 0 Å². The van der Waals surface area contributed by atoms with Crippen LogP contribution in [0.1, 0.15) is 48.9 Å². The molecule has 0 spiro atoms. The van der Waals surface area contributed by atoms with E-state index in [1.807, 2.05) is 0 Å². The van der Waals surface area contributed by atoms with Gasteiger partial charge in [-0.1, -0.05) is 132 Å². The minimum absolute atomic E-state index is 1.02.